The quantitative estimate of drug-likeness (QED) is 0.879. The van der Waals surface area contributed by atoms with Gasteiger partial charge in [-0.05, 0) is 52.9 Å². The van der Waals surface area contributed by atoms with E-state index in [0.29, 0.717) is 33.9 Å². The molecular weight excluding hydrogens is 346 g/mol. The van der Waals surface area contributed by atoms with Crippen molar-refractivity contribution >= 4 is 39.4 Å². The SMILES string of the molecule is CC1CCN(C(=O)c2cc(Cl)ccc2Br)C(C(=O)O)C1. The van der Waals surface area contributed by atoms with Crippen LogP contribution in [0.25, 0.3) is 0 Å². The summed E-state index contributed by atoms with van der Waals surface area (Å²) in [5.41, 5.74) is 0.401. The number of likely N-dealkylation sites (tertiary alicyclic amines) is 1. The summed E-state index contributed by atoms with van der Waals surface area (Å²) in [6, 6.07) is 4.16. The van der Waals surface area contributed by atoms with Crippen LogP contribution in [0.1, 0.15) is 30.1 Å². The van der Waals surface area contributed by atoms with Crippen molar-refractivity contribution in [3.05, 3.63) is 33.3 Å². The molecule has 108 valence electrons. The summed E-state index contributed by atoms with van der Waals surface area (Å²) in [4.78, 5) is 25.4. The number of carbonyl (C=O) groups is 2. The fraction of sp³-hybridized carbons (Fsp3) is 0.429. The highest BCUT2D eigenvalue weighted by atomic mass is 79.9. The number of rotatable bonds is 2. The van der Waals surface area contributed by atoms with Gasteiger partial charge in [0.15, 0.2) is 0 Å². The average Bonchev–Trinajstić information content (AvgIpc) is 2.40. The molecule has 0 saturated carbocycles. The molecule has 0 spiro atoms. The van der Waals surface area contributed by atoms with Crippen molar-refractivity contribution in [3.8, 4) is 0 Å². The maximum atomic E-state index is 12.6. The predicted octanol–water partition coefficient (Wildman–Crippen LogP) is 3.43. The molecule has 4 nitrogen and oxygen atoms in total. The molecule has 6 heteroatoms. The van der Waals surface area contributed by atoms with Crippen LogP contribution in [0.5, 0.6) is 0 Å². The monoisotopic (exact) mass is 359 g/mol. The molecule has 1 N–H and O–H groups in total. The Morgan fingerprint density at radius 1 is 1.45 bits per heavy atom. The van der Waals surface area contributed by atoms with E-state index in [-0.39, 0.29) is 5.91 Å². The smallest absolute Gasteiger partial charge is 0.326 e. The van der Waals surface area contributed by atoms with Gasteiger partial charge in [-0.1, -0.05) is 18.5 Å². The fourth-order valence-corrected chi connectivity index (χ4v) is 3.02. The van der Waals surface area contributed by atoms with Gasteiger partial charge in [0.1, 0.15) is 6.04 Å². The second-order valence-electron chi connectivity index (χ2n) is 5.11. The van der Waals surface area contributed by atoms with Gasteiger partial charge in [0.25, 0.3) is 5.91 Å². The molecular formula is C14H15BrClNO3. The van der Waals surface area contributed by atoms with E-state index >= 15 is 0 Å². The number of nitrogens with zero attached hydrogens (tertiary/aromatic N) is 1. The third-order valence-electron chi connectivity index (χ3n) is 3.57. The minimum absolute atomic E-state index is 0.293. The molecule has 2 atom stereocenters. The summed E-state index contributed by atoms with van der Waals surface area (Å²) in [5.74, 6) is -0.940. The van der Waals surface area contributed by atoms with Gasteiger partial charge in [-0.2, -0.15) is 0 Å². The maximum absolute atomic E-state index is 12.6. The Hall–Kier alpha value is -1.07. The van der Waals surface area contributed by atoms with Gasteiger partial charge >= 0.3 is 5.97 Å². The van der Waals surface area contributed by atoms with E-state index in [1.54, 1.807) is 18.2 Å². The lowest BCUT2D eigenvalue weighted by atomic mass is 9.92. The zero-order chi connectivity index (χ0) is 14.9. The molecule has 2 unspecified atom stereocenters. The number of halogens is 2. The first-order valence-electron chi connectivity index (χ1n) is 6.39. The summed E-state index contributed by atoms with van der Waals surface area (Å²) in [5, 5.41) is 9.77. The Balaban J connectivity index is 2.31. The molecule has 0 aliphatic carbocycles. The third kappa shape index (κ3) is 3.15. The van der Waals surface area contributed by atoms with Crippen LogP contribution in [-0.4, -0.2) is 34.5 Å². The predicted molar refractivity (Wildman–Crippen MR) is 80.0 cm³/mol. The van der Waals surface area contributed by atoms with E-state index in [2.05, 4.69) is 15.9 Å². The standard InChI is InChI=1S/C14H15BrClNO3/c1-8-4-5-17(12(6-8)14(19)20)13(18)10-7-9(16)2-3-11(10)15/h2-3,7-8,12H,4-6H2,1H3,(H,19,20). The van der Waals surface area contributed by atoms with Crippen LogP contribution in [0.3, 0.4) is 0 Å². The van der Waals surface area contributed by atoms with Gasteiger partial charge in [0, 0.05) is 16.0 Å². The Bertz CT molecular complexity index is 549. The highest BCUT2D eigenvalue weighted by Crippen LogP contribution is 2.28. The molecule has 1 aliphatic heterocycles. The Labute approximate surface area is 130 Å². The molecule has 1 aliphatic rings. The van der Waals surface area contributed by atoms with Crippen LogP contribution in [0, 0.1) is 5.92 Å². The van der Waals surface area contributed by atoms with E-state index < -0.39 is 12.0 Å². The first-order valence-corrected chi connectivity index (χ1v) is 7.56. The lowest BCUT2D eigenvalue weighted by Gasteiger charge is -2.36. The van der Waals surface area contributed by atoms with Crippen molar-refractivity contribution in [2.75, 3.05) is 6.54 Å². The van der Waals surface area contributed by atoms with Gasteiger partial charge in [0.05, 0.1) is 5.56 Å². The number of hydrogen-bond acceptors (Lipinski definition) is 2. The zero-order valence-electron chi connectivity index (χ0n) is 11.0. The minimum atomic E-state index is -0.956. The maximum Gasteiger partial charge on any atom is 0.326 e. The second-order valence-corrected chi connectivity index (χ2v) is 6.40. The van der Waals surface area contributed by atoms with Crippen LogP contribution in [0.2, 0.25) is 5.02 Å². The van der Waals surface area contributed by atoms with Gasteiger partial charge in [-0.3, -0.25) is 4.79 Å². The van der Waals surface area contributed by atoms with Crippen molar-refractivity contribution in [3.63, 3.8) is 0 Å². The lowest BCUT2D eigenvalue weighted by molar-refractivity contribution is -0.144. The van der Waals surface area contributed by atoms with Crippen molar-refractivity contribution in [1.82, 2.24) is 4.90 Å². The first kappa shape index (κ1) is 15.3. The number of amides is 1. The third-order valence-corrected chi connectivity index (χ3v) is 4.50. The van der Waals surface area contributed by atoms with E-state index in [1.807, 2.05) is 6.92 Å². The highest BCUT2D eigenvalue weighted by Gasteiger charge is 2.35. The van der Waals surface area contributed by atoms with E-state index in [0.717, 1.165) is 6.42 Å². The normalized spacial score (nSPS) is 22.6. The Morgan fingerprint density at radius 3 is 2.80 bits per heavy atom. The molecule has 1 heterocycles. The number of piperidine rings is 1. The van der Waals surface area contributed by atoms with E-state index in [9.17, 15) is 14.7 Å². The average molecular weight is 361 g/mol. The van der Waals surface area contributed by atoms with Crippen LogP contribution in [0.15, 0.2) is 22.7 Å². The number of carboxylic acids is 1. The number of aliphatic carboxylic acids is 1. The lowest BCUT2D eigenvalue weighted by Crippen LogP contribution is -2.49. The summed E-state index contributed by atoms with van der Waals surface area (Å²) in [7, 11) is 0. The summed E-state index contributed by atoms with van der Waals surface area (Å²) < 4.78 is 0.620. The number of carboxylic acid groups (broad SMARTS) is 1. The van der Waals surface area contributed by atoms with Crippen LogP contribution in [-0.2, 0) is 4.79 Å². The zero-order valence-corrected chi connectivity index (χ0v) is 13.3. The van der Waals surface area contributed by atoms with Crippen LogP contribution < -0.4 is 0 Å². The molecule has 1 aromatic rings. The summed E-state index contributed by atoms with van der Waals surface area (Å²) >= 11 is 9.23. The molecule has 1 saturated heterocycles. The molecule has 2 rings (SSSR count). The van der Waals surface area contributed by atoms with Crippen molar-refractivity contribution in [2.45, 2.75) is 25.8 Å². The molecule has 1 fully saturated rings. The van der Waals surface area contributed by atoms with Crippen molar-refractivity contribution in [1.29, 1.82) is 0 Å². The first-order chi connectivity index (χ1) is 9.40. The van der Waals surface area contributed by atoms with Crippen LogP contribution >= 0.6 is 27.5 Å². The largest absolute Gasteiger partial charge is 0.480 e. The molecule has 1 aromatic carbocycles. The fourth-order valence-electron chi connectivity index (χ4n) is 2.43. The second kappa shape index (κ2) is 6.14. The molecule has 0 bridgehead atoms. The van der Waals surface area contributed by atoms with Gasteiger partial charge in [-0.25, -0.2) is 4.79 Å². The van der Waals surface area contributed by atoms with Crippen molar-refractivity contribution < 1.29 is 14.7 Å². The number of carbonyl (C=O) groups excluding carboxylic acids is 1. The molecule has 0 radical (unpaired) electrons. The van der Waals surface area contributed by atoms with Crippen LogP contribution in [0.4, 0.5) is 0 Å². The van der Waals surface area contributed by atoms with Gasteiger partial charge in [-0.15, -0.1) is 0 Å². The molecule has 0 aromatic heterocycles. The summed E-state index contributed by atoms with van der Waals surface area (Å²) in [6.45, 7) is 2.46. The van der Waals surface area contributed by atoms with Crippen molar-refractivity contribution in [2.24, 2.45) is 5.92 Å². The van der Waals surface area contributed by atoms with E-state index in [1.165, 1.54) is 4.90 Å². The van der Waals surface area contributed by atoms with Gasteiger partial charge in [0.2, 0.25) is 0 Å². The molecule has 1 amide bonds. The number of benzene rings is 1. The van der Waals surface area contributed by atoms with E-state index in [4.69, 9.17) is 11.6 Å². The molecule has 20 heavy (non-hydrogen) atoms. The topological polar surface area (TPSA) is 57.6 Å². The minimum Gasteiger partial charge on any atom is -0.480 e. The highest BCUT2D eigenvalue weighted by molar-refractivity contribution is 9.10. The number of hydrogen-bond donors (Lipinski definition) is 1. The van der Waals surface area contributed by atoms with Gasteiger partial charge < -0.3 is 10.0 Å². The Morgan fingerprint density at radius 2 is 2.15 bits per heavy atom. The Kier molecular flexibility index (Phi) is 4.70. The summed E-state index contributed by atoms with van der Waals surface area (Å²) in [6.07, 6.45) is 1.30.